The summed E-state index contributed by atoms with van der Waals surface area (Å²) in [6.07, 6.45) is 3.28. The van der Waals surface area contributed by atoms with E-state index in [0.29, 0.717) is 0 Å². The molecule has 2 aromatic rings. The van der Waals surface area contributed by atoms with Gasteiger partial charge in [-0.2, -0.15) is 0 Å². The topological polar surface area (TPSA) is 34.2 Å². The number of fused-ring (bicyclic) bond motifs is 1. The minimum atomic E-state index is 0.881. The molecular weight excluding hydrogens is 236 g/mol. The molecule has 1 N–H and O–H groups in total. The van der Waals surface area contributed by atoms with Gasteiger partial charge in [0.25, 0.3) is 0 Å². The zero-order chi connectivity index (χ0) is 13.7. The molecular formula is C16H22N2O. The van der Waals surface area contributed by atoms with Crippen molar-refractivity contribution in [3.05, 3.63) is 29.8 Å². The first kappa shape index (κ1) is 13.7. The van der Waals surface area contributed by atoms with Crippen LogP contribution in [-0.4, -0.2) is 18.6 Å². The lowest BCUT2D eigenvalue weighted by Crippen LogP contribution is -2.05. The van der Waals surface area contributed by atoms with Crippen LogP contribution in [0.3, 0.4) is 0 Å². The van der Waals surface area contributed by atoms with Crippen LogP contribution in [0, 0.1) is 0 Å². The summed E-state index contributed by atoms with van der Waals surface area (Å²) >= 11 is 0. The van der Waals surface area contributed by atoms with E-state index in [1.165, 1.54) is 5.56 Å². The maximum atomic E-state index is 5.27. The summed E-state index contributed by atoms with van der Waals surface area (Å²) in [6, 6.07) is 8.25. The van der Waals surface area contributed by atoms with Gasteiger partial charge in [-0.1, -0.05) is 20.3 Å². The monoisotopic (exact) mass is 258 g/mol. The average molecular weight is 258 g/mol. The Morgan fingerprint density at radius 2 is 2.00 bits per heavy atom. The van der Waals surface area contributed by atoms with Crippen LogP contribution < -0.4 is 10.1 Å². The fourth-order valence-electron chi connectivity index (χ4n) is 2.18. The van der Waals surface area contributed by atoms with Crippen LogP contribution in [0.4, 0.5) is 5.82 Å². The minimum absolute atomic E-state index is 0.881. The Labute approximate surface area is 115 Å². The van der Waals surface area contributed by atoms with E-state index < -0.39 is 0 Å². The third-order valence-electron chi connectivity index (χ3n) is 3.16. The summed E-state index contributed by atoms with van der Waals surface area (Å²) < 4.78 is 5.27. The van der Waals surface area contributed by atoms with Gasteiger partial charge in [-0.3, -0.25) is 0 Å². The molecule has 2 rings (SSSR count). The van der Waals surface area contributed by atoms with Crippen LogP contribution in [0.25, 0.3) is 10.9 Å². The van der Waals surface area contributed by atoms with Gasteiger partial charge in [0.1, 0.15) is 11.6 Å². The molecule has 0 amide bonds. The summed E-state index contributed by atoms with van der Waals surface area (Å²) in [4.78, 5) is 4.74. The van der Waals surface area contributed by atoms with Crippen molar-refractivity contribution in [3.63, 3.8) is 0 Å². The molecule has 1 heterocycles. The number of pyridine rings is 1. The van der Waals surface area contributed by atoms with Crippen molar-refractivity contribution in [2.75, 3.05) is 19.0 Å². The number of benzene rings is 1. The number of aryl methyl sites for hydroxylation is 1. The molecule has 0 aliphatic heterocycles. The molecule has 1 aromatic heterocycles. The van der Waals surface area contributed by atoms with Crippen LogP contribution in [0.2, 0.25) is 0 Å². The highest BCUT2D eigenvalue weighted by molar-refractivity contribution is 5.83. The number of rotatable bonds is 6. The highest BCUT2D eigenvalue weighted by Crippen LogP contribution is 2.25. The Balaban J connectivity index is 2.45. The highest BCUT2D eigenvalue weighted by Gasteiger charge is 2.06. The molecule has 19 heavy (non-hydrogen) atoms. The van der Waals surface area contributed by atoms with Gasteiger partial charge in [0, 0.05) is 11.9 Å². The van der Waals surface area contributed by atoms with Gasteiger partial charge in [-0.25, -0.2) is 4.98 Å². The van der Waals surface area contributed by atoms with Crippen LogP contribution in [-0.2, 0) is 6.42 Å². The van der Waals surface area contributed by atoms with Gasteiger partial charge in [-0.15, -0.1) is 0 Å². The molecule has 102 valence electrons. The van der Waals surface area contributed by atoms with E-state index in [-0.39, 0.29) is 0 Å². The normalized spacial score (nSPS) is 10.7. The number of nitrogens with one attached hydrogen (secondary N) is 1. The molecule has 0 saturated heterocycles. The average Bonchev–Trinajstić information content (AvgIpc) is 2.44. The van der Waals surface area contributed by atoms with E-state index in [4.69, 9.17) is 9.72 Å². The first-order valence-corrected chi connectivity index (χ1v) is 7.00. The van der Waals surface area contributed by atoms with E-state index in [1.807, 2.05) is 18.2 Å². The van der Waals surface area contributed by atoms with Gasteiger partial charge in [0.05, 0.1) is 12.6 Å². The fourth-order valence-corrected chi connectivity index (χ4v) is 2.18. The number of ether oxygens (including phenoxy) is 1. The second-order valence-corrected chi connectivity index (χ2v) is 4.73. The number of hydrogen-bond donors (Lipinski definition) is 1. The molecule has 0 atom stereocenters. The Morgan fingerprint density at radius 1 is 1.16 bits per heavy atom. The predicted molar refractivity (Wildman–Crippen MR) is 81.1 cm³/mol. The lowest BCUT2D eigenvalue weighted by Gasteiger charge is -2.12. The molecule has 0 radical (unpaired) electrons. The zero-order valence-corrected chi connectivity index (χ0v) is 12.0. The molecule has 0 saturated carbocycles. The summed E-state index contributed by atoms with van der Waals surface area (Å²) in [6.45, 7) is 5.32. The Bertz CT molecular complexity index is 552. The van der Waals surface area contributed by atoms with Crippen molar-refractivity contribution in [2.24, 2.45) is 0 Å². The number of hydrogen-bond acceptors (Lipinski definition) is 3. The van der Waals surface area contributed by atoms with Crippen molar-refractivity contribution in [1.82, 2.24) is 4.98 Å². The maximum absolute atomic E-state index is 5.27. The second-order valence-electron chi connectivity index (χ2n) is 4.73. The quantitative estimate of drug-likeness (QED) is 0.849. The van der Waals surface area contributed by atoms with Crippen molar-refractivity contribution in [2.45, 2.75) is 33.1 Å². The third kappa shape index (κ3) is 3.16. The number of methoxy groups -OCH3 is 1. The lowest BCUT2D eigenvalue weighted by atomic mass is 10.1. The van der Waals surface area contributed by atoms with E-state index in [1.54, 1.807) is 7.11 Å². The summed E-state index contributed by atoms with van der Waals surface area (Å²) in [5.74, 6) is 1.91. The van der Waals surface area contributed by atoms with E-state index in [0.717, 1.165) is 48.3 Å². The fraction of sp³-hybridized carbons (Fsp3) is 0.438. The second kappa shape index (κ2) is 6.41. The first-order valence-electron chi connectivity index (χ1n) is 7.00. The number of aromatic nitrogens is 1. The zero-order valence-electron chi connectivity index (χ0n) is 12.0. The Morgan fingerprint density at radius 3 is 2.68 bits per heavy atom. The number of anilines is 1. The molecule has 0 aliphatic rings. The molecule has 3 heteroatoms. The summed E-state index contributed by atoms with van der Waals surface area (Å²) in [5, 5.41) is 4.57. The maximum Gasteiger partial charge on any atom is 0.129 e. The van der Waals surface area contributed by atoms with Crippen molar-refractivity contribution >= 4 is 16.7 Å². The van der Waals surface area contributed by atoms with Gasteiger partial charge in [0.15, 0.2) is 0 Å². The summed E-state index contributed by atoms with van der Waals surface area (Å²) in [5.41, 5.74) is 2.30. The smallest absolute Gasteiger partial charge is 0.129 e. The lowest BCUT2D eigenvalue weighted by molar-refractivity contribution is 0.415. The molecule has 0 spiro atoms. The van der Waals surface area contributed by atoms with Crippen molar-refractivity contribution in [3.8, 4) is 5.75 Å². The van der Waals surface area contributed by atoms with Gasteiger partial charge < -0.3 is 10.1 Å². The molecule has 0 aliphatic carbocycles. The van der Waals surface area contributed by atoms with Crippen molar-refractivity contribution in [1.29, 1.82) is 0 Å². The van der Waals surface area contributed by atoms with E-state index >= 15 is 0 Å². The van der Waals surface area contributed by atoms with Crippen LogP contribution in [0.5, 0.6) is 5.75 Å². The standard InChI is InChI=1S/C16H22N2O/c1-4-6-12-10-13-11-14(19-3)7-8-15(13)18-16(12)17-9-5-2/h7-8,10-11H,4-6,9H2,1-3H3,(H,17,18). The molecule has 1 aromatic carbocycles. The SMILES string of the molecule is CCCNc1nc2ccc(OC)cc2cc1CCC. The largest absolute Gasteiger partial charge is 0.497 e. The highest BCUT2D eigenvalue weighted by atomic mass is 16.5. The molecule has 3 nitrogen and oxygen atoms in total. The van der Waals surface area contributed by atoms with Crippen LogP contribution in [0.1, 0.15) is 32.3 Å². The Hall–Kier alpha value is -1.77. The molecule has 0 bridgehead atoms. The predicted octanol–water partition coefficient (Wildman–Crippen LogP) is 4.02. The molecule has 0 fully saturated rings. The minimum Gasteiger partial charge on any atom is -0.497 e. The van der Waals surface area contributed by atoms with Crippen LogP contribution >= 0.6 is 0 Å². The van der Waals surface area contributed by atoms with Gasteiger partial charge in [0.2, 0.25) is 0 Å². The molecule has 0 unspecified atom stereocenters. The van der Waals surface area contributed by atoms with E-state index in [9.17, 15) is 0 Å². The number of nitrogens with zero attached hydrogens (tertiary/aromatic N) is 1. The van der Waals surface area contributed by atoms with Crippen molar-refractivity contribution < 1.29 is 4.74 Å². The Kier molecular flexibility index (Phi) is 4.61. The third-order valence-corrected chi connectivity index (χ3v) is 3.16. The van der Waals surface area contributed by atoms with Crippen LogP contribution in [0.15, 0.2) is 24.3 Å². The summed E-state index contributed by atoms with van der Waals surface area (Å²) in [7, 11) is 1.69. The van der Waals surface area contributed by atoms with Gasteiger partial charge >= 0.3 is 0 Å². The van der Waals surface area contributed by atoms with E-state index in [2.05, 4.69) is 25.2 Å². The van der Waals surface area contributed by atoms with Gasteiger partial charge in [-0.05, 0) is 42.7 Å². The first-order chi connectivity index (χ1) is 9.28.